The summed E-state index contributed by atoms with van der Waals surface area (Å²) in [5, 5.41) is 4.48. The summed E-state index contributed by atoms with van der Waals surface area (Å²) in [7, 11) is 4.02. The molecule has 1 saturated carbocycles. The standard InChI is InChI=1S/C16H25ClN2/c1-16(2)10-6-5-7-15(16)18-12-8-9-14(19(3)4)13(17)11-12/h8-9,11,15,18H,5-7,10H2,1-4H3. The van der Waals surface area contributed by atoms with E-state index in [4.69, 9.17) is 11.6 Å². The lowest BCUT2D eigenvalue weighted by molar-refractivity contribution is 0.217. The van der Waals surface area contributed by atoms with Gasteiger partial charge in [0.15, 0.2) is 0 Å². The Morgan fingerprint density at radius 2 is 2.00 bits per heavy atom. The van der Waals surface area contributed by atoms with Crippen LogP contribution in [0.15, 0.2) is 18.2 Å². The third-order valence-corrected chi connectivity index (χ3v) is 4.58. The first-order valence-electron chi connectivity index (χ1n) is 7.13. The molecular formula is C16H25ClN2. The normalized spacial score (nSPS) is 22.1. The summed E-state index contributed by atoms with van der Waals surface area (Å²) in [6.07, 6.45) is 5.23. The molecule has 0 aliphatic heterocycles. The van der Waals surface area contributed by atoms with Gasteiger partial charge in [0.25, 0.3) is 0 Å². The maximum absolute atomic E-state index is 6.33. The van der Waals surface area contributed by atoms with E-state index in [9.17, 15) is 0 Å². The summed E-state index contributed by atoms with van der Waals surface area (Å²) in [4.78, 5) is 2.04. The molecule has 3 heteroatoms. The molecule has 2 nitrogen and oxygen atoms in total. The zero-order chi connectivity index (χ0) is 14.0. The maximum Gasteiger partial charge on any atom is 0.0659 e. The van der Waals surface area contributed by atoms with Crippen LogP contribution in [0.3, 0.4) is 0 Å². The van der Waals surface area contributed by atoms with Gasteiger partial charge in [-0.3, -0.25) is 0 Å². The molecule has 2 rings (SSSR count). The van der Waals surface area contributed by atoms with Crippen molar-refractivity contribution in [3.63, 3.8) is 0 Å². The Kier molecular flexibility index (Phi) is 4.29. The topological polar surface area (TPSA) is 15.3 Å². The fraction of sp³-hybridized carbons (Fsp3) is 0.625. The Labute approximate surface area is 122 Å². The molecule has 1 aliphatic rings. The Balaban J connectivity index is 2.13. The molecule has 1 aromatic rings. The van der Waals surface area contributed by atoms with Crippen LogP contribution in [-0.2, 0) is 0 Å². The lowest BCUT2D eigenvalue weighted by Crippen LogP contribution is -2.38. The molecule has 0 heterocycles. The van der Waals surface area contributed by atoms with E-state index in [0.29, 0.717) is 11.5 Å². The molecular weight excluding hydrogens is 256 g/mol. The quantitative estimate of drug-likeness (QED) is 0.857. The molecule has 1 fully saturated rings. The molecule has 0 saturated heterocycles. The highest BCUT2D eigenvalue weighted by atomic mass is 35.5. The van der Waals surface area contributed by atoms with E-state index in [1.54, 1.807) is 0 Å². The molecule has 19 heavy (non-hydrogen) atoms. The first-order valence-corrected chi connectivity index (χ1v) is 7.51. The van der Waals surface area contributed by atoms with E-state index in [1.165, 1.54) is 25.7 Å². The molecule has 1 N–H and O–H groups in total. The summed E-state index contributed by atoms with van der Waals surface area (Å²) in [5.41, 5.74) is 2.57. The van der Waals surface area contributed by atoms with E-state index in [0.717, 1.165) is 16.4 Å². The van der Waals surface area contributed by atoms with Crippen molar-refractivity contribution in [2.24, 2.45) is 5.41 Å². The van der Waals surface area contributed by atoms with Crippen LogP contribution < -0.4 is 10.2 Å². The second-order valence-corrected chi connectivity index (χ2v) is 6.90. The number of rotatable bonds is 3. The number of hydrogen-bond acceptors (Lipinski definition) is 2. The number of nitrogens with zero attached hydrogens (tertiary/aromatic N) is 1. The maximum atomic E-state index is 6.33. The predicted octanol–water partition coefficient (Wildman–Crippen LogP) is 4.79. The first kappa shape index (κ1) is 14.5. The van der Waals surface area contributed by atoms with Crippen LogP contribution in [0.25, 0.3) is 0 Å². The lowest BCUT2D eigenvalue weighted by atomic mass is 9.73. The van der Waals surface area contributed by atoms with Gasteiger partial charge in [0.1, 0.15) is 0 Å². The number of anilines is 2. The Bertz CT molecular complexity index is 440. The van der Waals surface area contributed by atoms with Gasteiger partial charge in [0.2, 0.25) is 0 Å². The van der Waals surface area contributed by atoms with E-state index in [1.807, 2.05) is 25.1 Å². The van der Waals surface area contributed by atoms with Gasteiger partial charge in [-0.25, -0.2) is 0 Å². The number of halogens is 1. The fourth-order valence-electron chi connectivity index (χ4n) is 2.92. The average molecular weight is 281 g/mol. The van der Waals surface area contributed by atoms with Crippen LogP contribution in [0.2, 0.25) is 5.02 Å². The largest absolute Gasteiger partial charge is 0.382 e. The molecule has 0 bridgehead atoms. The number of hydrogen-bond donors (Lipinski definition) is 1. The Morgan fingerprint density at radius 1 is 1.26 bits per heavy atom. The summed E-state index contributed by atoms with van der Waals surface area (Å²) in [6.45, 7) is 4.72. The summed E-state index contributed by atoms with van der Waals surface area (Å²) in [6, 6.07) is 6.80. The summed E-state index contributed by atoms with van der Waals surface area (Å²) < 4.78 is 0. The van der Waals surface area contributed by atoms with Gasteiger partial charge in [-0.15, -0.1) is 0 Å². The van der Waals surface area contributed by atoms with Gasteiger partial charge in [0, 0.05) is 25.8 Å². The van der Waals surface area contributed by atoms with Crippen molar-refractivity contribution >= 4 is 23.0 Å². The molecule has 0 amide bonds. The van der Waals surface area contributed by atoms with Gasteiger partial charge in [-0.2, -0.15) is 0 Å². The predicted molar refractivity (Wildman–Crippen MR) is 85.4 cm³/mol. The molecule has 0 aromatic heterocycles. The van der Waals surface area contributed by atoms with Crippen LogP contribution in [0, 0.1) is 5.41 Å². The highest BCUT2D eigenvalue weighted by Gasteiger charge is 2.31. The monoisotopic (exact) mass is 280 g/mol. The number of nitrogens with one attached hydrogen (secondary N) is 1. The van der Waals surface area contributed by atoms with E-state index in [-0.39, 0.29) is 0 Å². The molecule has 106 valence electrons. The van der Waals surface area contributed by atoms with Crippen molar-refractivity contribution < 1.29 is 0 Å². The van der Waals surface area contributed by atoms with Crippen LogP contribution >= 0.6 is 11.6 Å². The van der Waals surface area contributed by atoms with Crippen molar-refractivity contribution in [1.82, 2.24) is 0 Å². The minimum absolute atomic E-state index is 0.366. The van der Waals surface area contributed by atoms with Crippen LogP contribution in [0.1, 0.15) is 39.5 Å². The summed E-state index contributed by atoms with van der Waals surface area (Å²) >= 11 is 6.33. The van der Waals surface area contributed by atoms with Crippen LogP contribution in [0.4, 0.5) is 11.4 Å². The van der Waals surface area contributed by atoms with E-state index < -0.39 is 0 Å². The van der Waals surface area contributed by atoms with E-state index in [2.05, 4.69) is 31.3 Å². The molecule has 1 aromatic carbocycles. The third-order valence-electron chi connectivity index (χ3n) is 4.28. The van der Waals surface area contributed by atoms with Crippen LogP contribution in [-0.4, -0.2) is 20.1 Å². The van der Waals surface area contributed by atoms with Crippen LogP contribution in [0.5, 0.6) is 0 Å². The molecule has 0 radical (unpaired) electrons. The SMILES string of the molecule is CN(C)c1ccc(NC2CCCCC2(C)C)cc1Cl. The van der Waals surface area contributed by atoms with Crippen molar-refractivity contribution in [3.05, 3.63) is 23.2 Å². The lowest BCUT2D eigenvalue weighted by Gasteiger charge is -2.39. The molecule has 1 atom stereocenters. The van der Waals surface area contributed by atoms with Gasteiger partial charge >= 0.3 is 0 Å². The zero-order valence-corrected chi connectivity index (χ0v) is 13.2. The fourth-order valence-corrected chi connectivity index (χ4v) is 3.27. The highest BCUT2D eigenvalue weighted by Crippen LogP contribution is 2.38. The second-order valence-electron chi connectivity index (χ2n) is 6.49. The van der Waals surface area contributed by atoms with Crippen molar-refractivity contribution in [3.8, 4) is 0 Å². The molecule has 0 spiro atoms. The van der Waals surface area contributed by atoms with Gasteiger partial charge in [-0.1, -0.05) is 38.3 Å². The van der Waals surface area contributed by atoms with Crippen molar-refractivity contribution in [2.75, 3.05) is 24.3 Å². The van der Waals surface area contributed by atoms with Crippen molar-refractivity contribution in [2.45, 2.75) is 45.6 Å². The van der Waals surface area contributed by atoms with Gasteiger partial charge in [-0.05, 0) is 36.5 Å². The third kappa shape index (κ3) is 3.36. The summed E-state index contributed by atoms with van der Waals surface area (Å²) in [5.74, 6) is 0. The minimum Gasteiger partial charge on any atom is -0.382 e. The molecule has 1 unspecified atom stereocenters. The smallest absolute Gasteiger partial charge is 0.0659 e. The first-order chi connectivity index (χ1) is 8.90. The minimum atomic E-state index is 0.366. The second kappa shape index (κ2) is 5.62. The Morgan fingerprint density at radius 3 is 2.58 bits per heavy atom. The zero-order valence-electron chi connectivity index (χ0n) is 12.5. The Hall–Kier alpha value is -0.890. The van der Waals surface area contributed by atoms with E-state index >= 15 is 0 Å². The van der Waals surface area contributed by atoms with Gasteiger partial charge in [0.05, 0.1) is 10.7 Å². The molecule has 1 aliphatic carbocycles. The number of benzene rings is 1. The van der Waals surface area contributed by atoms with Crippen molar-refractivity contribution in [1.29, 1.82) is 0 Å². The average Bonchev–Trinajstić information content (AvgIpc) is 2.31. The van der Waals surface area contributed by atoms with Gasteiger partial charge < -0.3 is 10.2 Å². The highest BCUT2D eigenvalue weighted by molar-refractivity contribution is 6.33.